The molecule has 0 aliphatic heterocycles. The van der Waals surface area contributed by atoms with Crippen molar-refractivity contribution < 1.29 is 14.6 Å². The lowest BCUT2D eigenvalue weighted by Gasteiger charge is -2.45. The summed E-state index contributed by atoms with van der Waals surface area (Å²) < 4.78 is 5.16. The number of amides is 1. The van der Waals surface area contributed by atoms with Crippen LogP contribution in [-0.2, 0) is 4.74 Å². The summed E-state index contributed by atoms with van der Waals surface area (Å²) in [5.74, 6) is 0. The minimum atomic E-state index is -0.700. The van der Waals surface area contributed by atoms with Gasteiger partial charge >= 0.3 is 6.09 Å². The molecule has 0 saturated heterocycles. The van der Waals surface area contributed by atoms with Gasteiger partial charge in [0.25, 0.3) is 0 Å². The number of hydrogen-bond donors (Lipinski definition) is 3. The van der Waals surface area contributed by atoms with Crippen LogP contribution in [0.2, 0.25) is 0 Å². The average Bonchev–Trinajstić information content (AvgIpc) is 2.07. The molecule has 0 bridgehead atoms. The highest BCUT2D eigenvalue weighted by atomic mass is 16.6. The monoisotopic (exact) mass is 230 g/mol. The molecular weight excluding hydrogens is 208 g/mol. The Labute approximate surface area is 96.3 Å². The second-order valence-electron chi connectivity index (χ2n) is 5.39. The van der Waals surface area contributed by atoms with Crippen LogP contribution in [0.3, 0.4) is 0 Å². The zero-order valence-electron chi connectivity index (χ0n) is 10.2. The smallest absolute Gasteiger partial charge is 0.408 e. The fourth-order valence-electron chi connectivity index (χ4n) is 1.83. The van der Waals surface area contributed by atoms with E-state index in [1.807, 2.05) is 0 Å². The van der Waals surface area contributed by atoms with Gasteiger partial charge in [0.2, 0.25) is 0 Å². The molecule has 1 fully saturated rings. The van der Waals surface area contributed by atoms with Crippen LogP contribution in [0.1, 0.15) is 40.0 Å². The van der Waals surface area contributed by atoms with Gasteiger partial charge in [-0.25, -0.2) is 4.79 Å². The number of nitrogens with two attached hydrogens (primary N) is 1. The number of aliphatic hydroxyl groups excluding tert-OH is 1. The Balaban J connectivity index is 2.54. The lowest BCUT2D eigenvalue weighted by atomic mass is 9.72. The van der Waals surface area contributed by atoms with E-state index in [2.05, 4.69) is 5.32 Å². The summed E-state index contributed by atoms with van der Waals surface area (Å²) in [5, 5.41) is 12.5. The molecule has 1 aliphatic carbocycles. The van der Waals surface area contributed by atoms with E-state index in [1.165, 1.54) is 0 Å². The number of alkyl carbamates (subject to hydrolysis) is 1. The van der Waals surface area contributed by atoms with Crippen LogP contribution in [0.15, 0.2) is 0 Å². The predicted molar refractivity (Wildman–Crippen MR) is 61.0 cm³/mol. The van der Waals surface area contributed by atoms with Crippen molar-refractivity contribution in [2.45, 2.75) is 57.3 Å². The summed E-state index contributed by atoms with van der Waals surface area (Å²) in [5.41, 5.74) is 4.33. The molecule has 5 nitrogen and oxygen atoms in total. The minimum absolute atomic E-state index is 0.149. The molecule has 0 aromatic heterocycles. The zero-order chi connectivity index (χ0) is 12.4. The normalized spacial score (nSPS) is 20.8. The maximum atomic E-state index is 11.6. The molecule has 0 aromatic carbocycles. The number of carbonyl (C=O) groups is 1. The SMILES string of the molecule is CC(C)(C)OC(=O)NC1([C@@H](O)CN)CCC1. The molecule has 5 heteroatoms. The molecule has 1 amide bonds. The topological polar surface area (TPSA) is 84.6 Å². The fourth-order valence-corrected chi connectivity index (χ4v) is 1.83. The summed E-state index contributed by atoms with van der Waals surface area (Å²) in [6, 6.07) is 0. The Morgan fingerprint density at radius 2 is 2.12 bits per heavy atom. The molecule has 16 heavy (non-hydrogen) atoms. The van der Waals surface area contributed by atoms with Gasteiger partial charge in [0.1, 0.15) is 5.60 Å². The number of rotatable bonds is 3. The van der Waals surface area contributed by atoms with Crippen molar-refractivity contribution in [2.75, 3.05) is 6.54 Å². The standard InChI is InChI=1S/C11H22N2O3/c1-10(2,3)16-9(15)13-11(5-4-6-11)8(14)7-12/h8,14H,4-7,12H2,1-3H3,(H,13,15)/t8-/m0/s1. The summed E-state index contributed by atoms with van der Waals surface area (Å²) in [6.45, 7) is 5.56. The second kappa shape index (κ2) is 4.59. The van der Waals surface area contributed by atoms with Crippen LogP contribution in [0, 0.1) is 0 Å². The highest BCUT2D eigenvalue weighted by Crippen LogP contribution is 2.35. The molecule has 4 N–H and O–H groups in total. The molecule has 94 valence electrons. The number of ether oxygens (including phenoxy) is 1. The average molecular weight is 230 g/mol. The van der Waals surface area contributed by atoms with Crippen LogP contribution in [0.5, 0.6) is 0 Å². The second-order valence-corrected chi connectivity index (χ2v) is 5.39. The fraction of sp³-hybridized carbons (Fsp3) is 0.909. The molecule has 0 unspecified atom stereocenters. The molecular formula is C11H22N2O3. The Kier molecular flexibility index (Phi) is 3.80. The van der Waals surface area contributed by atoms with Crippen molar-refractivity contribution in [1.82, 2.24) is 5.32 Å². The third-order valence-electron chi connectivity index (χ3n) is 2.86. The summed E-state index contributed by atoms with van der Waals surface area (Å²) in [6.07, 6.45) is 1.32. The lowest BCUT2D eigenvalue weighted by Crippen LogP contribution is -2.63. The summed E-state index contributed by atoms with van der Waals surface area (Å²) in [7, 11) is 0. The first-order valence-electron chi connectivity index (χ1n) is 5.68. The summed E-state index contributed by atoms with van der Waals surface area (Å²) in [4.78, 5) is 11.6. The number of carbonyl (C=O) groups excluding carboxylic acids is 1. The van der Waals surface area contributed by atoms with Gasteiger partial charge in [-0.05, 0) is 40.0 Å². The van der Waals surface area contributed by atoms with Gasteiger partial charge in [0, 0.05) is 6.54 Å². The first kappa shape index (κ1) is 13.3. The van der Waals surface area contributed by atoms with E-state index in [0.717, 1.165) is 19.3 Å². The van der Waals surface area contributed by atoms with Crippen LogP contribution >= 0.6 is 0 Å². The van der Waals surface area contributed by atoms with Gasteiger partial charge < -0.3 is 20.9 Å². The van der Waals surface area contributed by atoms with E-state index in [4.69, 9.17) is 10.5 Å². The highest BCUT2D eigenvalue weighted by Gasteiger charge is 2.44. The predicted octanol–water partition coefficient (Wildman–Crippen LogP) is 0.753. The van der Waals surface area contributed by atoms with E-state index in [9.17, 15) is 9.90 Å². The van der Waals surface area contributed by atoms with Crippen LogP contribution in [-0.4, -0.2) is 35.0 Å². The molecule has 1 rings (SSSR count). The summed E-state index contributed by atoms with van der Waals surface area (Å²) >= 11 is 0. The van der Waals surface area contributed by atoms with E-state index in [-0.39, 0.29) is 6.54 Å². The minimum Gasteiger partial charge on any atom is -0.444 e. The van der Waals surface area contributed by atoms with Crippen LogP contribution < -0.4 is 11.1 Å². The Hall–Kier alpha value is -0.810. The van der Waals surface area contributed by atoms with Gasteiger partial charge in [-0.3, -0.25) is 0 Å². The van der Waals surface area contributed by atoms with E-state index < -0.39 is 23.3 Å². The van der Waals surface area contributed by atoms with E-state index in [0.29, 0.717) is 0 Å². The number of aliphatic hydroxyl groups is 1. The Bertz CT molecular complexity index is 256. The third-order valence-corrected chi connectivity index (χ3v) is 2.86. The van der Waals surface area contributed by atoms with E-state index >= 15 is 0 Å². The molecule has 1 saturated carbocycles. The number of nitrogens with one attached hydrogen (secondary N) is 1. The van der Waals surface area contributed by atoms with Gasteiger partial charge in [0.05, 0.1) is 11.6 Å². The van der Waals surface area contributed by atoms with Gasteiger partial charge in [0.15, 0.2) is 0 Å². The van der Waals surface area contributed by atoms with Crippen molar-refractivity contribution >= 4 is 6.09 Å². The third kappa shape index (κ3) is 3.09. The largest absolute Gasteiger partial charge is 0.444 e. The maximum absolute atomic E-state index is 11.6. The molecule has 0 radical (unpaired) electrons. The van der Waals surface area contributed by atoms with Crippen molar-refractivity contribution in [3.63, 3.8) is 0 Å². The first-order chi connectivity index (χ1) is 7.29. The zero-order valence-corrected chi connectivity index (χ0v) is 10.2. The maximum Gasteiger partial charge on any atom is 0.408 e. The quantitative estimate of drug-likeness (QED) is 0.668. The van der Waals surface area contributed by atoms with Crippen molar-refractivity contribution in [2.24, 2.45) is 5.73 Å². The van der Waals surface area contributed by atoms with Crippen molar-refractivity contribution in [1.29, 1.82) is 0 Å². The Morgan fingerprint density at radius 1 is 1.56 bits per heavy atom. The van der Waals surface area contributed by atoms with Gasteiger partial charge in [-0.2, -0.15) is 0 Å². The first-order valence-corrected chi connectivity index (χ1v) is 5.68. The lowest BCUT2D eigenvalue weighted by molar-refractivity contribution is -0.00530. The van der Waals surface area contributed by atoms with Crippen molar-refractivity contribution in [3.05, 3.63) is 0 Å². The van der Waals surface area contributed by atoms with Gasteiger partial charge in [-0.1, -0.05) is 0 Å². The molecule has 0 heterocycles. The van der Waals surface area contributed by atoms with Crippen molar-refractivity contribution in [3.8, 4) is 0 Å². The molecule has 1 aliphatic rings. The van der Waals surface area contributed by atoms with Crippen LogP contribution in [0.25, 0.3) is 0 Å². The number of hydrogen-bond acceptors (Lipinski definition) is 4. The highest BCUT2D eigenvalue weighted by molar-refractivity contribution is 5.69. The van der Waals surface area contributed by atoms with Crippen LogP contribution in [0.4, 0.5) is 4.79 Å². The molecule has 1 atom stereocenters. The Morgan fingerprint density at radius 3 is 2.44 bits per heavy atom. The molecule has 0 spiro atoms. The van der Waals surface area contributed by atoms with E-state index in [1.54, 1.807) is 20.8 Å². The van der Waals surface area contributed by atoms with Gasteiger partial charge in [-0.15, -0.1) is 0 Å². The molecule has 0 aromatic rings.